The average Bonchev–Trinajstić information content (AvgIpc) is 2.82. The summed E-state index contributed by atoms with van der Waals surface area (Å²) >= 11 is 6.13. The Morgan fingerprint density at radius 2 is 2.30 bits per heavy atom. The highest BCUT2D eigenvalue weighted by Crippen LogP contribution is 2.28. The van der Waals surface area contributed by atoms with Gasteiger partial charge in [-0.1, -0.05) is 17.7 Å². The van der Waals surface area contributed by atoms with E-state index in [-0.39, 0.29) is 12.3 Å². The van der Waals surface area contributed by atoms with E-state index in [1.165, 1.54) is 0 Å². The van der Waals surface area contributed by atoms with Crippen LogP contribution in [0.2, 0.25) is 5.02 Å². The fourth-order valence-electron chi connectivity index (χ4n) is 2.43. The second-order valence-corrected chi connectivity index (χ2v) is 5.08. The second-order valence-electron chi connectivity index (χ2n) is 4.68. The molecule has 1 aromatic carbocycles. The first-order valence-corrected chi connectivity index (χ1v) is 6.64. The van der Waals surface area contributed by atoms with Crippen molar-refractivity contribution in [2.45, 2.75) is 20.0 Å². The van der Waals surface area contributed by atoms with Crippen LogP contribution in [0.1, 0.15) is 27.3 Å². The number of fused-ring (bicyclic) bond motifs is 1. The third kappa shape index (κ3) is 1.99. The molecule has 0 amide bonds. The van der Waals surface area contributed by atoms with Gasteiger partial charge in [-0.2, -0.15) is 5.10 Å². The van der Waals surface area contributed by atoms with Crippen LogP contribution in [0.25, 0.3) is 5.69 Å². The van der Waals surface area contributed by atoms with Crippen molar-refractivity contribution < 1.29 is 14.6 Å². The fourth-order valence-corrected chi connectivity index (χ4v) is 2.60. The summed E-state index contributed by atoms with van der Waals surface area (Å²) in [6.07, 6.45) is 0.640. The Hall–Kier alpha value is -1.85. The van der Waals surface area contributed by atoms with Crippen molar-refractivity contribution >= 4 is 17.6 Å². The zero-order valence-corrected chi connectivity index (χ0v) is 11.6. The molecule has 1 aliphatic rings. The van der Waals surface area contributed by atoms with Gasteiger partial charge in [0.15, 0.2) is 5.69 Å². The third-order valence-corrected chi connectivity index (χ3v) is 3.90. The van der Waals surface area contributed by atoms with Crippen LogP contribution in [-0.2, 0) is 17.8 Å². The molecule has 5 nitrogen and oxygen atoms in total. The van der Waals surface area contributed by atoms with Crippen molar-refractivity contribution in [1.82, 2.24) is 9.78 Å². The molecule has 104 valence electrons. The first-order chi connectivity index (χ1) is 9.59. The monoisotopic (exact) mass is 292 g/mol. The summed E-state index contributed by atoms with van der Waals surface area (Å²) in [6, 6.07) is 5.52. The van der Waals surface area contributed by atoms with Gasteiger partial charge in [-0.3, -0.25) is 0 Å². The molecule has 0 spiro atoms. The number of carboxylic acid groups (broad SMARTS) is 1. The summed E-state index contributed by atoms with van der Waals surface area (Å²) in [6.45, 7) is 2.75. The molecule has 0 saturated heterocycles. The molecule has 0 saturated carbocycles. The van der Waals surface area contributed by atoms with E-state index in [1.807, 2.05) is 19.1 Å². The standard InChI is InChI=1S/C14H13ClN2O3/c1-8-10(15)3-2-4-11(8)17-12-5-6-20-7-9(12)13(16-17)14(18)19/h2-4H,5-7H2,1H3,(H,18,19). The van der Waals surface area contributed by atoms with E-state index in [9.17, 15) is 9.90 Å². The molecule has 0 aliphatic carbocycles. The van der Waals surface area contributed by atoms with Gasteiger partial charge in [0.2, 0.25) is 0 Å². The van der Waals surface area contributed by atoms with E-state index < -0.39 is 5.97 Å². The summed E-state index contributed by atoms with van der Waals surface area (Å²) in [7, 11) is 0. The van der Waals surface area contributed by atoms with E-state index in [0.717, 1.165) is 16.9 Å². The predicted molar refractivity (Wildman–Crippen MR) is 73.6 cm³/mol. The van der Waals surface area contributed by atoms with E-state index in [0.29, 0.717) is 23.6 Å². The average molecular weight is 293 g/mol. The number of halogens is 1. The first-order valence-electron chi connectivity index (χ1n) is 6.27. The van der Waals surface area contributed by atoms with Gasteiger partial charge in [0.1, 0.15) is 0 Å². The normalized spacial score (nSPS) is 14.1. The minimum atomic E-state index is -1.04. The molecule has 6 heteroatoms. The molecule has 0 radical (unpaired) electrons. The Kier molecular flexibility index (Phi) is 3.23. The number of hydrogen-bond acceptors (Lipinski definition) is 3. The Balaban J connectivity index is 2.24. The van der Waals surface area contributed by atoms with Crippen molar-refractivity contribution in [2.75, 3.05) is 6.61 Å². The van der Waals surface area contributed by atoms with Crippen molar-refractivity contribution in [3.8, 4) is 5.69 Å². The number of nitrogens with zero attached hydrogens (tertiary/aromatic N) is 2. The molecule has 0 fully saturated rings. The lowest BCUT2D eigenvalue weighted by molar-refractivity contribution is 0.0677. The second kappa shape index (κ2) is 4.92. The third-order valence-electron chi connectivity index (χ3n) is 3.49. The lowest BCUT2D eigenvalue weighted by atomic mass is 10.1. The van der Waals surface area contributed by atoms with Gasteiger partial charge in [0.25, 0.3) is 0 Å². The van der Waals surface area contributed by atoms with Gasteiger partial charge in [0, 0.05) is 17.0 Å². The van der Waals surface area contributed by atoms with Gasteiger partial charge in [-0.05, 0) is 24.6 Å². The maximum Gasteiger partial charge on any atom is 0.356 e. The zero-order chi connectivity index (χ0) is 14.3. The number of carbonyl (C=O) groups is 1. The molecular weight excluding hydrogens is 280 g/mol. The van der Waals surface area contributed by atoms with Crippen LogP contribution in [0.5, 0.6) is 0 Å². The van der Waals surface area contributed by atoms with Gasteiger partial charge in [-0.15, -0.1) is 0 Å². The van der Waals surface area contributed by atoms with Gasteiger partial charge >= 0.3 is 5.97 Å². The van der Waals surface area contributed by atoms with E-state index >= 15 is 0 Å². The molecule has 20 heavy (non-hydrogen) atoms. The maximum atomic E-state index is 11.3. The van der Waals surface area contributed by atoms with Crippen LogP contribution in [0.3, 0.4) is 0 Å². The van der Waals surface area contributed by atoms with E-state index in [2.05, 4.69) is 5.10 Å². The predicted octanol–water partition coefficient (Wildman–Crippen LogP) is 2.61. The van der Waals surface area contributed by atoms with Crippen LogP contribution in [0.15, 0.2) is 18.2 Å². The van der Waals surface area contributed by atoms with Crippen LogP contribution < -0.4 is 0 Å². The smallest absolute Gasteiger partial charge is 0.356 e. The number of benzene rings is 1. The summed E-state index contributed by atoms with van der Waals surface area (Å²) in [4.78, 5) is 11.3. The van der Waals surface area contributed by atoms with E-state index in [4.69, 9.17) is 16.3 Å². The van der Waals surface area contributed by atoms with Crippen LogP contribution >= 0.6 is 11.6 Å². The number of carboxylic acids is 1. The Morgan fingerprint density at radius 3 is 3.05 bits per heavy atom. The summed E-state index contributed by atoms with van der Waals surface area (Å²) in [5, 5.41) is 14.1. The van der Waals surface area contributed by atoms with Gasteiger partial charge < -0.3 is 9.84 Å². The molecule has 3 rings (SSSR count). The SMILES string of the molecule is Cc1c(Cl)cccc1-n1nc(C(=O)O)c2c1CCOC2. The summed E-state index contributed by atoms with van der Waals surface area (Å²) in [5.74, 6) is -1.04. The molecule has 1 N–H and O–H groups in total. The Labute approximate surface area is 120 Å². The molecule has 2 aromatic rings. The molecule has 1 aliphatic heterocycles. The minimum Gasteiger partial charge on any atom is -0.476 e. The fraction of sp³-hybridized carbons (Fsp3) is 0.286. The minimum absolute atomic E-state index is 0.0547. The van der Waals surface area contributed by atoms with Gasteiger partial charge in [-0.25, -0.2) is 9.48 Å². The van der Waals surface area contributed by atoms with Crippen molar-refractivity contribution in [1.29, 1.82) is 0 Å². The lowest BCUT2D eigenvalue weighted by Crippen LogP contribution is -2.14. The molecular formula is C14H13ClN2O3. The van der Waals surface area contributed by atoms with E-state index in [1.54, 1.807) is 10.7 Å². The highest BCUT2D eigenvalue weighted by molar-refractivity contribution is 6.31. The zero-order valence-electron chi connectivity index (χ0n) is 10.9. The van der Waals surface area contributed by atoms with Crippen LogP contribution in [0, 0.1) is 6.92 Å². The molecule has 0 unspecified atom stereocenters. The largest absolute Gasteiger partial charge is 0.476 e. The number of aromatic carboxylic acids is 1. The van der Waals surface area contributed by atoms with Crippen molar-refractivity contribution in [2.24, 2.45) is 0 Å². The van der Waals surface area contributed by atoms with Crippen LogP contribution in [-0.4, -0.2) is 27.5 Å². The molecule has 1 aromatic heterocycles. The summed E-state index contributed by atoms with van der Waals surface area (Å²) in [5.41, 5.74) is 3.28. The van der Waals surface area contributed by atoms with Gasteiger partial charge in [0.05, 0.1) is 24.6 Å². The molecule has 0 atom stereocenters. The number of aromatic nitrogens is 2. The Bertz CT molecular complexity index is 694. The highest BCUT2D eigenvalue weighted by atomic mass is 35.5. The maximum absolute atomic E-state index is 11.3. The number of rotatable bonds is 2. The van der Waals surface area contributed by atoms with Crippen molar-refractivity contribution in [3.63, 3.8) is 0 Å². The molecule has 2 heterocycles. The van der Waals surface area contributed by atoms with Crippen molar-refractivity contribution in [3.05, 3.63) is 45.7 Å². The number of ether oxygens (including phenoxy) is 1. The highest BCUT2D eigenvalue weighted by Gasteiger charge is 2.26. The Morgan fingerprint density at radius 1 is 1.50 bits per heavy atom. The summed E-state index contributed by atoms with van der Waals surface area (Å²) < 4.78 is 7.03. The first kappa shape index (κ1) is 13.1. The van der Waals surface area contributed by atoms with Crippen LogP contribution in [0.4, 0.5) is 0 Å². The quantitative estimate of drug-likeness (QED) is 0.924. The molecule has 0 bridgehead atoms. The topological polar surface area (TPSA) is 64.4 Å². The number of hydrogen-bond donors (Lipinski definition) is 1. The lowest BCUT2D eigenvalue weighted by Gasteiger charge is -2.16.